The van der Waals surface area contributed by atoms with Gasteiger partial charge in [0.05, 0.1) is 0 Å². The number of hydrogen-bond donors (Lipinski definition) is 1. The molecule has 0 saturated heterocycles. The summed E-state index contributed by atoms with van der Waals surface area (Å²) in [5.41, 5.74) is 8.04. The summed E-state index contributed by atoms with van der Waals surface area (Å²) in [6.07, 6.45) is 0. The third-order valence-corrected chi connectivity index (χ3v) is 2.02. The maximum atomic E-state index is 5.73. The Morgan fingerprint density at radius 1 is 1.29 bits per heavy atom. The first-order valence-corrected chi connectivity index (χ1v) is 4.95. The minimum Gasteiger partial charge on any atom is -0.399 e. The molecule has 0 saturated carbocycles. The molecular weight excluding hydrogens is 172 g/mol. The molecule has 0 radical (unpaired) electrons. The topological polar surface area (TPSA) is 29.3 Å². The Morgan fingerprint density at radius 2 is 1.93 bits per heavy atom. The SMILES string of the molecule is CN(CC(C)(C)C)c1cccc(N)c1. The van der Waals surface area contributed by atoms with Crippen molar-refractivity contribution >= 4 is 11.4 Å². The monoisotopic (exact) mass is 192 g/mol. The van der Waals surface area contributed by atoms with Crippen LogP contribution < -0.4 is 10.6 Å². The van der Waals surface area contributed by atoms with Gasteiger partial charge in [-0.05, 0) is 23.6 Å². The van der Waals surface area contributed by atoms with Crippen LogP contribution in [0, 0.1) is 5.41 Å². The van der Waals surface area contributed by atoms with Crippen LogP contribution in [0.3, 0.4) is 0 Å². The van der Waals surface area contributed by atoms with E-state index in [-0.39, 0.29) is 0 Å². The maximum absolute atomic E-state index is 5.73. The van der Waals surface area contributed by atoms with Crippen LogP contribution in [0.5, 0.6) is 0 Å². The second-order valence-electron chi connectivity index (χ2n) is 5.01. The van der Waals surface area contributed by atoms with E-state index in [0.717, 1.165) is 12.2 Å². The van der Waals surface area contributed by atoms with Crippen LogP contribution in [0.4, 0.5) is 11.4 Å². The molecule has 0 unspecified atom stereocenters. The molecule has 0 aromatic heterocycles. The second-order valence-corrected chi connectivity index (χ2v) is 5.01. The van der Waals surface area contributed by atoms with Crippen molar-refractivity contribution in [3.8, 4) is 0 Å². The van der Waals surface area contributed by atoms with E-state index < -0.39 is 0 Å². The molecule has 0 amide bonds. The lowest BCUT2D eigenvalue weighted by molar-refractivity contribution is 0.419. The van der Waals surface area contributed by atoms with Gasteiger partial charge in [-0.2, -0.15) is 0 Å². The molecule has 14 heavy (non-hydrogen) atoms. The van der Waals surface area contributed by atoms with Gasteiger partial charge in [0, 0.05) is 25.0 Å². The third kappa shape index (κ3) is 3.29. The lowest BCUT2D eigenvalue weighted by Crippen LogP contribution is -2.29. The Hall–Kier alpha value is -1.18. The highest BCUT2D eigenvalue weighted by atomic mass is 15.1. The fourth-order valence-electron chi connectivity index (χ4n) is 1.57. The lowest BCUT2D eigenvalue weighted by atomic mass is 9.96. The normalized spacial score (nSPS) is 11.4. The molecule has 0 fully saturated rings. The highest BCUT2D eigenvalue weighted by Gasteiger charge is 2.13. The van der Waals surface area contributed by atoms with Crippen LogP contribution >= 0.6 is 0 Å². The minimum absolute atomic E-state index is 0.305. The van der Waals surface area contributed by atoms with Gasteiger partial charge in [0.15, 0.2) is 0 Å². The molecule has 0 aliphatic carbocycles. The summed E-state index contributed by atoms with van der Waals surface area (Å²) >= 11 is 0. The van der Waals surface area contributed by atoms with E-state index in [2.05, 4.69) is 38.8 Å². The number of nitrogens with two attached hydrogens (primary N) is 1. The molecule has 1 rings (SSSR count). The minimum atomic E-state index is 0.305. The zero-order chi connectivity index (χ0) is 10.8. The van der Waals surface area contributed by atoms with Crippen molar-refractivity contribution in [2.45, 2.75) is 20.8 Å². The van der Waals surface area contributed by atoms with Crippen molar-refractivity contribution in [3.63, 3.8) is 0 Å². The molecule has 0 heterocycles. The van der Waals surface area contributed by atoms with E-state index in [9.17, 15) is 0 Å². The Balaban J connectivity index is 2.74. The van der Waals surface area contributed by atoms with E-state index in [1.54, 1.807) is 0 Å². The molecule has 2 N–H and O–H groups in total. The highest BCUT2D eigenvalue weighted by Crippen LogP contribution is 2.21. The smallest absolute Gasteiger partial charge is 0.0384 e. The van der Waals surface area contributed by atoms with E-state index in [0.29, 0.717) is 5.41 Å². The first kappa shape index (κ1) is 10.9. The van der Waals surface area contributed by atoms with E-state index in [1.165, 1.54) is 5.69 Å². The fraction of sp³-hybridized carbons (Fsp3) is 0.500. The first-order chi connectivity index (χ1) is 6.38. The summed E-state index contributed by atoms with van der Waals surface area (Å²) in [5.74, 6) is 0. The van der Waals surface area contributed by atoms with Crippen LogP contribution in [-0.4, -0.2) is 13.6 Å². The van der Waals surface area contributed by atoms with Crippen LogP contribution in [0.15, 0.2) is 24.3 Å². The Labute approximate surface area is 86.7 Å². The summed E-state index contributed by atoms with van der Waals surface area (Å²) in [5, 5.41) is 0. The van der Waals surface area contributed by atoms with Gasteiger partial charge in [-0.1, -0.05) is 26.8 Å². The summed E-state index contributed by atoms with van der Waals surface area (Å²) in [6, 6.07) is 7.99. The number of benzene rings is 1. The molecule has 0 aliphatic heterocycles. The van der Waals surface area contributed by atoms with Gasteiger partial charge in [-0.25, -0.2) is 0 Å². The summed E-state index contributed by atoms with van der Waals surface area (Å²) in [6.45, 7) is 7.72. The first-order valence-electron chi connectivity index (χ1n) is 4.95. The molecule has 0 atom stereocenters. The van der Waals surface area contributed by atoms with Crippen molar-refractivity contribution in [1.29, 1.82) is 0 Å². The zero-order valence-corrected chi connectivity index (χ0v) is 9.54. The van der Waals surface area contributed by atoms with Gasteiger partial charge in [-0.15, -0.1) is 0 Å². The average molecular weight is 192 g/mol. The van der Waals surface area contributed by atoms with Gasteiger partial charge in [0.25, 0.3) is 0 Å². The molecule has 78 valence electrons. The summed E-state index contributed by atoms with van der Waals surface area (Å²) in [4.78, 5) is 2.23. The molecule has 0 bridgehead atoms. The van der Waals surface area contributed by atoms with Crippen molar-refractivity contribution in [1.82, 2.24) is 0 Å². The van der Waals surface area contributed by atoms with Gasteiger partial charge >= 0.3 is 0 Å². The number of hydrogen-bond acceptors (Lipinski definition) is 2. The largest absolute Gasteiger partial charge is 0.399 e. The summed E-state index contributed by atoms with van der Waals surface area (Å²) in [7, 11) is 2.10. The number of nitrogen functional groups attached to an aromatic ring is 1. The maximum Gasteiger partial charge on any atom is 0.0384 e. The molecule has 1 aromatic rings. The molecule has 2 nitrogen and oxygen atoms in total. The average Bonchev–Trinajstić information content (AvgIpc) is 2.01. The second kappa shape index (κ2) is 3.91. The highest BCUT2D eigenvalue weighted by molar-refractivity contribution is 5.55. The third-order valence-electron chi connectivity index (χ3n) is 2.02. The van der Waals surface area contributed by atoms with Crippen molar-refractivity contribution in [3.05, 3.63) is 24.3 Å². The molecule has 1 aromatic carbocycles. The Morgan fingerprint density at radius 3 is 2.43 bits per heavy atom. The van der Waals surface area contributed by atoms with Crippen LogP contribution in [-0.2, 0) is 0 Å². The quantitative estimate of drug-likeness (QED) is 0.730. The predicted molar refractivity (Wildman–Crippen MR) is 63.6 cm³/mol. The van der Waals surface area contributed by atoms with Crippen LogP contribution in [0.1, 0.15) is 20.8 Å². The standard InChI is InChI=1S/C12H20N2/c1-12(2,3)9-14(4)11-7-5-6-10(13)8-11/h5-8H,9,13H2,1-4H3. The molecule has 0 aliphatic rings. The van der Waals surface area contributed by atoms with Gasteiger partial charge in [0.1, 0.15) is 0 Å². The van der Waals surface area contributed by atoms with Crippen molar-refractivity contribution in [2.24, 2.45) is 5.41 Å². The number of rotatable bonds is 2. The fourth-order valence-corrected chi connectivity index (χ4v) is 1.57. The van der Waals surface area contributed by atoms with Gasteiger partial charge < -0.3 is 10.6 Å². The van der Waals surface area contributed by atoms with Gasteiger partial charge in [0.2, 0.25) is 0 Å². The molecular formula is C12H20N2. The van der Waals surface area contributed by atoms with Crippen molar-refractivity contribution < 1.29 is 0 Å². The molecule has 0 spiro atoms. The Bertz CT molecular complexity index is 299. The van der Waals surface area contributed by atoms with Crippen molar-refractivity contribution in [2.75, 3.05) is 24.2 Å². The number of anilines is 2. The van der Waals surface area contributed by atoms with Crippen LogP contribution in [0.2, 0.25) is 0 Å². The zero-order valence-electron chi connectivity index (χ0n) is 9.54. The molecule has 2 heteroatoms. The van der Waals surface area contributed by atoms with E-state index >= 15 is 0 Å². The lowest BCUT2D eigenvalue weighted by Gasteiger charge is -2.28. The van der Waals surface area contributed by atoms with Crippen LogP contribution in [0.25, 0.3) is 0 Å². The number of nitrogens with zero attached hydrogens (tertiary/aromatic N) is 1. The van der Waals surface area contributed by atoms with Gasteiger partial charge in [-0.3, -0.25) is 0 Å². The van der Waals surface area contributed by atoms with E-state index in [1.807, 2.05) is 18.2 Å². The summed E-state index contributed by atoms with van der Waals surface area (Å²) < 4.78 is 0. The Kier molecular flexibility index (Phi) is 3.04. The predicted octanol–water partition coefficient (Wildman–Crippen LogP) is 2.75. The van der Waals surface area contributed by atoms with E-state index in [4.69, 9.17) is 5.73 Å².